The summed E-state index contributed by atoms with van der Waals surface area (Å²) in [7, 11) is -2.85. The summed E-state index contributed by atoms with van der Waals surface area (Å²) in [5.41, 5.74) is 0. The number of rotatable bonds is 5. The number of sulfone groups is 1. The number of likely N-dealkylation sites (tertiary alicyclic amines) is 1. The summed E-state index contributed by atoms with van der Waals surface area (Å²) < 4.78 is 23.0. The second-order valence-corrected chi connectivity index (χ2v) is 8.14. The number of guanidine groups is 1. The van der Waals surface area contributed by atoms with Gasteiger partial charge in [0.25, 0.3) is 0 Å². The van der Waals surface area contributed by atoms with Gasteiger partial charge in [0.05, 0.1) is 18.1 Å². The summed E-state index contributed by atoms with van der Waals surface area (Å²) in [6.45, 7) is 6.91. The van der Waals surface area contributed by atoms with Crippen LogP contribution in [0.25, 0.3) is 0 Å². The minimum absolute atomic E-state index is 0.00258. The van der Waals surface area contributed by atoms with Gasteiger partial charge in [-0.3, -0.25) is 4.99 Å². The molecule has 1 atom stereocenters. The number of nitrogens with zero attached hydrogens (tertiary/aromatic N) is 2. The Bertz CT molecular complexity index is 444. The molecule has 1 unspecified atom stereocenters. The molecule has 0 amide bonds. The Hall–Kier alpha value is -0.820. The molecule has 7 heteroatoms. The van der Waals surface area contributed by atoms with Crippen molar-refractivity contribution in [3.05, 3.63) is 0 Å². The zero-order valence-corrected chi connectivity index (χ0v) is 13.8. The van der Waals surface area contributed by atoms with Gasteiger partial charge in [0.2, 0.25) is 0 Å². The van der Waals surface area contributed by atoms with Crippen LogP contribution in [0, 0.1) is 0 Å². The monoisotopic (exact) mass is 316 g/mol. The van der Waals surface area contributed by atoms with E-state index in [0.717, 1.165) is 25.6 Å². The summed E-state index contributed by atoms with van der Waals surface area (Å²) in [4.78, 5) is 7.03. The van der Waals surface area contributed by atoms with Gasteiger partial charge < -0.3 is 15.5 Å². The van der Waals surface area contributed by atoms with Gasteiger partial charge in [-0.2, -0.15) is 0 Å². The molecule has 2 heterocycles. The lowest BCUT2D eigenvalue weighted by molar-refractivity contribution is 0.235. The van der Waals surface area contributed by atoms with Gasteiger partial charge in [0.1, 0.15) is 0 Å². The minimum Gasteiger partial charge on any atom is -0.357 e. The average Bonchev–Trinajstić information content (AvgIpc) is 2.79. The van der Waals surface area contributed by atoms with Gasteiger partial charge in [-0.25, -0.2) is 8.42 Å². The molecule has 0 spiro atoms. The van der Waals surface area contributed by atoms with E-state index < -0.39 is 9.84 Å². The first-order valence-corrected chi connectivity index (χ1v) is 9.89. The molecule has 0 bridgehead atoms. The highest BCUT2D eigenvalue weighted by atomic mass is 32.2. The standard InChI is InChI=1S/C14H28N4O2S/c1-2-15-14(17-13-6-11-21(19,20)12-13)16-7-10-18-8-4-3-5-9-18/h13H,2-12H2,1H3,(H2,15,16,17). The maximum atomic E-state index is 11.5. The van der Waals surface area contributed by atoms with E-state index in [4.69, 9.17) is 0 Å². The zero-order valence-electron chi connectivity index (χ0n) is 13.0. The van der Waals surface area contributed by atoms with Crippen molar-refractivity contribution in [3.63, 3.8) is 0 Å². The highest BCUT2D eigenvalue weighted by Crippen LogP contribution is 2.11. The smallest absolute Gasteiger partial charge is 0.191 e. The van der Waals surface area contributed by atoms with E-state index in [1.165, 1.54) is 32.4 Å². The normalized spacial score (nSPS) is 26.7. The predicted molar refractivity (Wildman–Crippen MR) is 86.5 cm³/mol. The van der Waals surface area contributed by atoms with Crippen molar-refractivity contribution < 1.29 is 8.42 Å². The quantitative estimate of drug-likeness (QED) is 0.560. The number of hydrogen-bond acceptors (Lipinski definition) is 4. The fourth-order valence-electron chi connectivity index (χ4n) is 2.91. The van der Waals surface area contributed by atoms with Crippen LogP contribution in [0.1, 0.15) is 32.6 Å². The first kappa shape index (κ1) is 16.5. The van der Waals surface area contributed by atoms with Crippen LogP contribution in [0.5, 0.6) is 0 Å². The molecule has 0 aromatic carbocycles. The molecule has 0 aliphatic carbocycles. The molecule has 21 heavy (non-hydrogen) atoms. The molecule has 0 aromatic rings. The Morgan fingerprint density at radius 1 is 1.29 bits per heavy atom. The van der Waals surface area contributed by atoms with Crippen LogP contribution in [-0.2, 0) is 9.84 Å². The summed E-state index contributed by atoms with van der Waals surface area (Å²) in [5, 5.41) is 6.45. The second-order valence-electron chi connectivity index (χ2n) is 5.91. The lowest BCUT2D eigenvalue weighted by Crippen LogP contribution is -2.44. The molecule has 122 valence electrons. The van der Waals surface area contributed by atoms with Crippen molar-refractivity contribution in [3.8, 4) is 0 Å². The molecule has 2 aliphatic rings. The zero-order chi connectivity index (χ0) is 15.1. The van der Waals surface area contributed by atoms with Gasteiger partial charge in [-0.1, -0.05) is 6.42 Å². The lowest BCUT2D eigenvalue weighted by atomic mass is 10.1. The summed E-state index contributed by atoms with van der Waals surface area (Å²) in [6.07, 6.45) is 4.61. The molecule has 0 radical (unpaired) electrons. The molecule has 0 saturated carbocycles. The van der Waals surface area contributed by atoms with Crippen LogP contribution in [0.15, 0.2) is 4.99 Å². The molecule has 2 rings (SSSR count). The van der Waals surface area contributed by atoms with Crippen molar-refractivity contribution in [2.45, 2.75) is 38.6 Å². The van der Waals surface area contributed by atoms with Crippen molar-refractivity contribution >= 4 is 15.8 Å². The number of nitrogens with one attached hydrogen (secondary N) is 2. The summed E-state index contributed by atoms with van der Waals surface area (Å²) >= 11 is 0. The third-order valence-electron chi connectivity index (χ3n) is 4.05. The van der Waals surface area contributed by atoms with E-state index in [0.29, 0.717) is 6.42 Å². The molecule has 6 nitrogen and oxygen atoms in total. The molecule has 2 fully saturated rings. The van der Waals surface area contributed by atoms with E-state index in [1.807, 2.05) is 6.92 Å². The second kappa shape index (κ2) is 7.98. The first-order chi connectivity index (χ1) is 10.1. The van der Waals surface area contributed by atoms with Gasteiger partial charge in [0.15, 0.2) is 15.8 Å². The molecular weight excluding hydrogens is 288 g/mol. The van der Waals surface area contributed by atoms with Crippen LogP contribution in [0.2, 0.25) is 0 Å². The molecule has 2 N–H and O–H groups in total. The van der Waals surface area contributed by atoms with E-state index in [-0.39, 0.29) is 17.5 Å². The summed E-state index contributed by atoms with van der Waals surface area (Å²) in [6, 6.07) is 0.00258. The molecule has 0 aromatic heterocycles. The Balaban J connectivity index is 1.78. The Kier molecular flexibility index (Phi) is 6.29. The largest absolute Gasteiger partial charge is 0.357 e. The Morgan fingerprint density at radius 2 is 2.05 bits per heavy atom. The van der Waals surface area contributed by atoms with Crippen LogP contribution in [0.4, 0.5) is 0 Å². The van der Waals surface area contributed by atoms with E-state index >= 15 is 0 Å². The van der Waals surface area contributed by atoms with E-state index in [9.17, 15) is 8.42 Å². The molecular formula is C14H28N4O2S. The highest BCUT2D eigenvalue weighted by molar-refractivity contribution is 7.91. The first-order valence-electron chi connectivity index (χ1n) is 8.07. The Labute approximate surface area is 128 Å². The maximum absolute atomic E-state index is 11.5. The van der Waals surface area contributed by atoms with Crippen molar-refractivity contribution in [2.24, 2.45) is 4.99 Å². The van der Waals surface area contributed by atoms with Crippen LogP contribution < -0.4 is 10.6 Å². The SMILES string of the molecule is CCNC(=NCCN1CCCCC1)NC1CCS(=O)(=O)C1. The van der Waals surface area contributed by atoms with E-state index in [1.54, 1.807) is 0 Å². The number of piperidine rings is 1. The third kappa shape index (κ3) is 5.82. The van der Waals surface area contributed by atoms with Gasteiger partial charge >= 0.3 is 0 Å². The average molecular weight is 316 g/mol. The van der Waals surface area contributed by atoms with Crippen molar-refractivity contribution in [1.29, 1.82) is 0 Å². The van der Waals surface area contributed by atoms with Crippen LogP contribution >= 0.6 is 0 Å². The van der Waals surface area contributed by atoms with Gasteiger partial charge in [0, 0.05) is 19.1 Å². The molecule has 2 saturated heterocycles. The summed E-state index contributed by atoms with van der Waals surface area (Å²) in [5.74, 6) is 1.26. The minimum atomic E-state index is -2.85. The third-order valence-corrected chi connectivity index (χ3v) is 5.82. The van der Waals surface area contributed by atoms with Gasteiger partial charge in [-0.05, 0) is 39.3 Å². The topological polar surface area (TPSA) is 73.8 Å². The Morgan fingerprint density at radius 3 is 2.67 bits per heavy atom. The number of aliphatic imine (C=N–C) groups is 1. The number of hydrogen-bond donors (Lipinski definition) is 2. The lowest BCUT2D eigenvalue weighted by Gasteiger charge is -2.25. The van der Waals surface area contributed by atoms with Crippen LogP contribution in [0.3, 0.4) is 0 Å². The molecule has 2 aliphatic heterocycles. The van der Waals surface area contributed by atoms with Gasteiger partial charge in [-0.15, -0.1) is 0 Å². The van der Waals surface area contributed by atoms with E-state index in [2.05, 4.69) is 20.5 Å². The fourth-order valence-corrected chi connectivity index (χ4v) is 4.58. The fraction of sp³-hybridized carbons (Fsp3) is 0.929. The van der Waals surface area contributed by atoms with Crippen molar-refractivity contribution in [1.82, 2.24) is 15.5 Å². The maximum Gasteiger partial charge on any atom is 0.191 e. The van der Waals surface area contributed by atoms with Crippen LogP contribution in [-0.4, -0.2) is 69.5 Å². The van der Waals surface area contributed by atoms with Crippen molar-refractivity contribution in [2.75, 3.05) is 44.2 Å². The predicted octanol–water partition coefficient (Wildman–Crippen LogP) is 0.215. The highest BCUT2D eigenvalue weighted by Gasteiger charge is 2.28.